The Labute approximate surface area is 274 Å². The van der Waals surface area contributed by atoms with Crippen molar-refractivity contribution in [2.75, 3.05) is 6.54 Å². The molecule has 1 aromatic carbocycles. The fourth-order valence-corrected chi connectivity index (χ4v) is 4.10. The number of aliphatic carboxylic acids is 3. The highest BCUT2D eigenvalue weighted by Crippen LogP contribution is 2.12. The fraction of sp³-hybridized carbons (Fsp3) is 0.500. The number of nitrogens with two attached hydrogens (primary N) is 3. The summed E-state index contributed by atoms with van der Waals surface area (Å²) in [6.45, 7) is 1.20. The highest BCUT2D eigenvalue weighted by Gasteiger charge is 2.34. The van der Waals surface area contributed by atoms with Crippen molar-refractivity contribution in [1.29, 1.82) is 0 Å². The maximum Gasteiger partial charge on any atom is 0.326 e. The maximum atomic E-state index is 13.5. The molecule has 0 aromatic heterocycles. The summed E-state index contributed by atoms with van der Waals surface area (Å²) in [6.07, 6.45) is -3.62. The Kier molecular flexibility index (Phi) is 16.8. The molecule has 0 fully saturated rings. The van der Waals surface area contributed by atoms with Gasteiger partial charge in [0, 0.05) is 19.4 Å². The van der Waals surface area contributed by atoms with Crippen molar-refractivity contribution in [2.45, 2.75) is 81.8 Å². The molecule has 0 saturated heterocycles. The van der Waals surface area contributed by atoms with Gasteiger partial charge in [-0.15, -0.1) is 0 Å². The van der Waals surface area contributed by atoms with Gasteiger partial charge in [-0.05, 0) is 43.9 Å². The van der Waals surface area contributed by atoms with Crippen LogP contribution in [0.1, 0.15) is 44.6 Å². The van der Waals surface area contributed by atoms with E-state index in [4.69, 9.17) is 22.3 Å². The number of hydrogen-bond donors (Lipinski definition) is 12. The largest absolute Gasteiger partial charge is 0.508 e. The van der Waals surface area contributed by atoms with Gasteiger partial charge in [-0.2, -0.15) is 0 Å². The van der Waals surface area contributed by atoms with Crippen LogP contribution in [-0.4, -0.2) is 116 Å². The van der Waals surface area contributed by atoms with Crippen molar-refractivity contribution in [2.24, 2.45) is 22.2 Å². The minimum atomic E-state index is -1.79. The molecule has 266 valence electrons. The summed E-state index contributed by atoms with van der Waals surface area (Å²) in [4.78, 5) is 90.0. The number of aliphatic imine (C=N–C) groups is 1. The smallest absolute Gasteiger partial charge is 0.326 e. The topological polar surface area (TPSA) is 359 Å². The average molecular weight is 683 g/mol. The first-order chi connectivity index (χ1) is 22.4. The number of carbonyl (C=O) groups is 7. The maximum absolute atomic E-state index is 13.5. The lowest BCUT2D eigenvalue weighted by atomic mass is 10.0. The number of aliphatic hydroxyl groups excluding tert-OH is 1. The molecule has 1 rings (SSSR count). The van der Waals surface area contributed by atoms with Gasteiger partial charge in [-0.1, -0.05) is 12.1 Å². The lowest BCUT2D eigenvalue weighted by Gasteiger charge is -2.27. The molecule has 0 aliphatic rings. The number of carboxylic acid groups (broad SMARTS) is 3. The molecule has 0 aliphatic heterocycles. The molecule has 20 nitrogen and oxygen atoms in total. The highest BCUT2D eigenvalue weighted by molar-refractivity contribution is 5.97. The van der Waals surface area contributed by atoms with Crippen LogP contribution >= 0.6 is 0 Å². The van der Waals surface area contributed by atoms with Crippen molar-refractivity contribution in [3.8, 4) is 5.75 Å². The molecule has 0 radical (unpaired) electrons. The third-order valence-electron chi connectivity index (χ3n) is 6.65. The van der Waals surface area contributed by atoms with E-state index in [1.165, 1.54) is 24.3 Å². The van der Waals surface area contributed by atoms with E-state index >= 15 is 0 Å². The average Bonchev–Trinajstić information content (AvgIpc) is 2.99. The number of carboxylic acids is 3. The van der Waals surface area contributed by atoms with Gasteiger partial charge in [0.25, 0.3) is 0 Å². The van der Waals surface area contributed by atoms with E-state index in [9.17, 15) is 54.0 Å². The Morgan fingerprint density at radius 3 is 1.85 bits per heavy atom. The van der Waals surface area contributed by atoms with Gasteiger partial charge in [-0.3, -0.25) is 33.8 Å². The number of nitrogens with zero attached hydrogens (tertiary/aromatic N) is 1. The number of aromatic hydroxyl groups is 1. The number of phenols is 1. The summed E-state index contributed by atoms with van der Waals surface area (Å²) in [6, 6.07) is -2.61. The Morgan fingerprint density at radius 1 is 0.771 bits per heavy atom. The normalized spacial score (nSPS) is 14.5. The number of benzene rings is 1. The van der Waals surface area contributed by atoms with Gasteiger partial charge in [0.05, 0.1) is 18.6 Å². The quantitative estimate of drug-likeness (QED) is 0.0334. The van der Waals surface area contributed by atoms with E-state index < -0.39 is 90.7 Å². The predicted octanol–water partition coefficient (Wildman–Crippen LogP) is -3.94. The summed E-state index contributed by atoms with van der Waals surface area (Å²) >= 11 is 0. The Bertz CT molecular complexity index is 1330. The highest BCUT2D eigenvalue weighted by atomic mass is 16.4. The predicted molar refractivity (Wildman–Crippen MR) is 166 cm³/mol. The van der Waals surface area contributed by atoms with E-state index in [0.29, 0.717) is 5.56 Å². The van der Waals surface area contributed by atoms with Crippen LogP contribution in [0.2, 0.25) is 0 Å². The summed E-state index contributed by atoms with van der Waals surface area (Å²) < 4.78 is 0. The lowest BCUT2D eigenvalue weighted by molar-refractivity contribution is -0.143. The van der Waals surface area contributed by atoms with Gasteiger partial charge in [0.15, 0.2) is 5.96 Å². The second-order valence-electron chi connectivity index (χ2n) is 10.7. The molecule has 1 aromatic rings. The van der Waals surface area contributed by atoms with Crippen LogP contribution in [0.5, 0.6) is 5.75 Å². The van der Waals surface area contributed by atoms with Crippen molar-refractivity contribution < 1.29 is 59.1 Å². The van der Waals surface area contributed by atoms with Crippen molar-refractivity contribution in [3.63, 3.8) is 0 Å². The number of hydrogen-bond acceptors (Lipinski definition) is 11. The zero-order chi connectivity index (χ0) is 36.6. The second-order valence-corrected chi connectivity index (χ2v) is 10.7. The molecule has 0 saturated carbocycles. The van der Waals surface area contributed by atoms with E-state index in [2.05, 4.69) is 26.3 Å². The monoisotopic (exact) mass is 682 g/mol. The summed E-state index contributed by atoms with van der Waals surface area (Å²) in [5, 5.41) is 56.5. The van der Waals surface area contributed by atoms with Crippen LogP contribution < -0.4 is 38.5 Å². The number of rotatable bonds is 21. The Morgan fingerprint density at radius 2 is 1.33 bits per heavy atom. The Balaban J connectivity index is 3.24. The van der Waals surface area contributed by atoms with Gasteiger partial charge in [-0.25, -0.2) is 4.79 Å². The Hall–Kier alpha value is -5.50. The van der Waals surface area contributed by atoms with Crippen LogP contribution in [0.15, 0.2) is 29.3 Å². The minimum Gasteiger partial charge on any atom is -0.508 e. The summed E-state index contributed by atoms with van der Waals surface area (Å²) in [5.41, 5.74) is 16.5. The molecule has 20 heteroatoms. The molecular formula is C28H42N8O12. The third-order valence-corrected chi connectivity index (χ3v) is 6.65. The van der Waals surface area contributed by atoms with Crippen molar-refractivity contribution >= 4 is 47.5 Å². The molecule has 6 unspecified atom stereocenters. The van der Waals surface area contributed by atoms with Crippen LogP contribution in [0.25, 0.3) is 0 Å². The van der Waals surface area contributed by atoms with Crippen LogP contribution in [0.3, 0.4) is 0 Å². The first-order valence-corrected chi connectivity index (χ1v) is 14.6. The molecular weight excluding hydrogens is 640 g/mol. The van der Waals surface area contributed by atoms with Gasteiger partial charge < -0.3 is 64.0 Å². The van der Waals surface area contributed by atoms with Crippen molar-refractivity contribution in [1.82, 2.24) is 21.3 Å². The van der Waals surface area contributed by atoms with Crippen molar-refractivity contribution in [3.05, 3.63) is 29.8 Å². The number of phenolic OH excluding ortho intramolecular Hbond substituents is 1. The molecule has 4 amide bonds. The third kappa shape index (κ3) is 15.2. The van der Waals surface area contributed by atoms with E-state index in [0.717, 1.165) is 6.92 Å². The number of nitrogens with one attached hydrogen (secondary N) is 4. The van der Waals surface area contributed by atoms with Crippen LogP contribution in [0, 0.1) is 0 Å². The number of aliphatic hydroxyl groups is 1. The van der Waals surface area contributed by atoms with Gasteiger partial charge >= 0.3 is 17.9 Å². The molecule has 48 heavy (non-hydrogen) atoms. The fourth-order valence-electron chi connectivity index (χ4n) is 4.10. The second kappa shape index (κ2) is 19.9. The zero-order valence-electron chi connectivity index (χ0n) is 26.0. The number of amides is 4. The van der Waals surface area contributed by atoms with Crippen LogP contribution in [-0.2, 0) is 40.0 Å². The number of guanidine groups is 1. The van der Waals surface area contributed by atoms with Crippen LogP contribution in [0.4, 0.5) is 0 Å². The first-order valence-electron chi connectivity index (χ1n) is 14.6. The molecule has 0 bridgehead atoms. The molecule has 15 N–H and O–H groups in total. The van der Waals surface area contributed by atoms with Gasteiger partial charge in [0.2, 0.25) is 23.6 Å². The first kappa shape index (κ1) is 40.5. The molecule has 0 aliphatic carbocycles. The van der Waals surface area contributed by atoms with E-state index in [-0.39, 0.29) is 43.9 Å². The number of carbonyl (C=O) groups excluding carboxylic acids is 4. The van der Waals surface area contributed by atoms with E-state index in [1.54, 1.807) is 0 Å². The summed E-state index contributed by atoms with van der Waals surface area (Å²) in [5.74, 6) is -8.89. The summed E-state index contributed by atoms with van der Waals surface area (Å²) in [7, 11) is 0. The van der Waals surface area contributed by atoms with E-state index in [1.807, 2.05) is 0 Å². The minimum absolute atomic E-state index is 0.0643. The zero-order valence-corrected chi connectivity index (χ0v) is 26.0. The van der Waals surface area contributed by atoms with Gasteiger partial charge in [0.1, 0.15) is 29.9 Å². The SMILES string of the molecule is CC(O)C(NC(=O)C(Cc1ccc(O)cc1)NC(=O)C(CC(=O)O)NC(=O)C(N)CCC(=O)O)C(=O)NC(CCCN=C(N)N)C(=O)O. The molecule has 6 atom stereocenters. The molecule has 0 spiro atoms. The standard InChI is InChI=1S/C28H42N8O12/c1-13(37)22(26(46)33-17(27(47)48)3-2-10-32-28(30)31)36-25(45)18(11-14-4-6-15(38)7-5-14)35-24(44)19(12-21(41)42)34-23(43)16(29)8-9-20(39)40/h4-7,13,16-19,22,37-38H,2-3,8-12,29H2,1H3,(H,33,46)(H,34,43)(H,35,44)(H,36,45)(H,39,40)(H,41,42)(H,47,48)(H4,30,31,32). The molecule has 0 heterocycles. The lowest BCUT2D eigenvalue weighted by Crippen LogP contribution is -2.61.